The lowest BCUT2D eigenvalue weighted by atomic mass is 10.5. The first-order valence-corrected chi connectivity index (χ1v) is 14.9. The molecule has 0 saturated heterocycles. The molecule has 0 amide bonds. The summed E-state index contributed by atoms with van der Waals surface area (Å²) in [5, 5.41) is 0. The van der Waals surface area contributed by atoms with Crippen molar-refractivity contribution in [3.05, 3.63) is 0 Å². The lowest BCUT2D eigenvalue weighted by Gasteiger charge is -2.30. The topological polar surface area (TPSA) is 73.8 Å². The molecule has 0 bridgehead atoms. The highest BCUT2D eigenvalue weighted by molar-refractivity contribution is 6.70. The zero-order chi connectivity index (χ0) is 19.3. The monoisotopic (exact) mass is 448 g/mol. The number of hydrogen-bond donors (Lipinski definition) is 0. The minimum atomic E-state index is -3.32. The smallest absolute Gasteiger partial charge is 0.397 e. The van der Waals surface area contributed by atoms with Gasteiger partial charge in [0, 0.05) is 24.4 Å². The van der Waals surface area contributed by atoms with E-state index in [1.54, 1.807) is 0 Å². The van der Waals surface area contributed by atoms with Gasteiger partial charge in [-0.15, -0.1) is 0 Å². The quantitative estimate of drug-likeness (QED) is 0.284. The van der Waals surface area contributed by atoms with E-state index in [9.17, 15) is 0 Å². The third kappa shape index (κ3) is 15.5. The Morgan fingerprint density at radius 3 is 0.800 bits per heavy atom. The van der Waals surface area contributed by atoms with Gasteiger partial charge in [-0.3, -0.25) is 0 Å². The van der Waals surface area contributed by atoms with Crippen LogP contribution in [0.15, 0.2) is 0 Å². The normalized spacial score (nSPS) is 16.8. The van der Waals surface area contributed by atoms with Gasteiger partial charge in [-0.1, -0.05) is 0 Å². The zero-order valence-corrected chi connectivity index (χ0v) is 23.6. The van der Waals surface area contributed by atoms with Gasteiger partial charge in [0.1, 0.15) is 0 Å². The molecule has 0 radical (unpaired) electrons. The van der Waals surface area contributed by atoms with Crippen LogP contribution < -0.4 is 0 Å². The van der Waals surface area contributed by atoms with E-state index in [0.29, 0.717) is 0 Å². The second kappa shape index (κ2) is 14.8. The van der Waals surface area contributed by atoms with Crippen LogP contribution in [0.2, 0.25) is 0 Å². The summed E-state index contributed by atoms with van der Waals surface area (Å²) in [6.07, 6.45) is 0.373. The van der Waals surface area contributed by atoms with Gasteiger partial charge < -0.3 is 34.2 Å². The molecular formula is C12H36O8Si5. The molecule has 0 atom stereocenters. The average molecular weight is 449 g/mol. The van der Waals surface area contributed by atoms with Gasteiger partial charge in [0.05, 0.1) is 0 Å². The molecule has 0 fully saturated rings. The van der Waals surface area contributed by atoms with Crippen LogP contribution in [0.4, 0.5) is 0 Å². The van der Waals surface area contributed by atoms with Crippen molar-refractivity contribution in [2.24, 2.45) is 0 Å². The molecule has 0 saturated carbocycles. The Morgan fingerprint density at radius 1 is 0.440 bits per heavy atom. The van der Waals surface area contributed by atoms with Crippen molar-refractivity contribution in [2.75, 3.05) is 0 Å². The first-order chi connectivity index (χ1) is 11.7. The van der Waals surface area contributed by atoms with Gasteiger partial charge >= 0.3 is 9.05 Å². The van der Waals surface area contributed by atoms with Crippen LogP contribution in [0.5, 0.6) is 0 Å². The van der Waals surface area contributed by atoms with Gasteiger partial charge in [0.15, 0.2) is 0 Å². The first kappa shape index (κ1) is 25.8. The molecule has 0 aromatic rings. The third-order valence-corrected chi connectivity index (χ3v) is 13.3. The number of rotatable bonds is 16. The molecule has 152 valence electrons. The molecule has 0 aromatic carbocycles. The predicted molar refractivity (Wildman–Crippen MR) is 109 cm³/mol. The maximum absolute atomic E-state index is 5.94. The van der Waals surface area contributed by atoms with E-state index in [2.05, 4.69) is 0 Å². The molecular weight excluding hydrogens is 413 g/mol. The Hall–Kier alpha value is 0.764. The van der Waals surface area contributed by atoms with Gasteiger partial charge in [-0.25, -0.2) is 0 Å². The Labute approximate surface area is 163 Å². The minimum absolute atomic E-state index is 0.0934. The van der Waals surface area contributed by atoms with E-state index in [1.165, 1.54) is 0 Å². The second-order valence-electron chi connectivity index (χ2n) is 6.41. The third-order valence-electron chi connectivity index (χ3n) is 2.55. The maximum atomic E-state index is 5.94. The molecule has 0 heterocycles. The summed E-state index contributed by atoms with van der Waals surface area (Å²) in [6.45, 7) is 15.7. The Kier molecular flexibility index (Phi) is 15.2. The molecule has 0 aliphatic carbocycles. The zero-order valence-electron chi connectivity index (χ0n) is 16.9. The van der Waals surface area contributed by atoms with Gasteiger partial charge in [0.25, 0.3) is 40.0 Å². The van der Waals surface area contributed by atoms with E-state index in [4.69, 9.17) is 34.2 Å². The largest absolute Gasteiger partial charge is 0.641 e. The summed E-state index contributed by atoms with van der Waals surface area (Å²) in [7, 11) is -8.50. The molecule has 0 unspecified atom stereocenters. The molecule has 8 nitrogen and oxygen atoms in total. The Balaban J connectivity index is 4.85. The SMILES string of the molecule is CC(C)O[SiH2]O[Si](O[SiH2]OC(C)C)(O[SiH2]OC(C)C)O[SiH2]OC(C)C. The second-order valence-corrected chi connectivity index (χ2v) is 14.3. The van der Waals surface area contributed by atoms with Crippen LogP contribution in [0.1, 0.15) is 55.4 Å². The fraction of sp³-hybridized carbons (Fsp3) is 1.00. The van der Waals surface area contributed by atoms with E-state index < -0.39 is 49.1 Å². The molecule has 13 heteroatoms. The summed E-state index contributed by atoms with van der Waals surface area (Å²) >= 11 is 0. The highest BCUT2D eigenvalue weighted by atomic mass is 28.5. The fourth-order valence-corrected chi connectivity index (χ4v) is 12.2. The first-order valence-electron chi connectivity index (χ1n) is 8.69. The van der Waals surface area contributed by atoms with Crippen molar-refractivity contribution in [1.29, 1.82) is 0 Å². The van der Waals surface area contributed by atoms with Crippen molar-refractivity contribution in [3.8, 4) is 0 Å². The van der Waals surface area contributed by atoms with Crippen molar-refractivity contribution in [2.45, 2.75) is 79.8 Å². The van der Waals surface area contributed by atoms with E-state index in [-0.39, 0.29) is 24.4 Å². The van der Waals surface area contributed by atoms with Crippen LogP contribution in [0.3, 0.4) is 0 Å². The Bertz CT molecular complexity index is 260. The molecule has 0 N–H and O–H groups in total. The lowest BCUT2D eigenvalue weighted by Crippen LogP contribution is -2.54. The van der Waals surface area contributed by atoms with Crippen molar-refractivity contribution >= 4 is 49.1 Å². The van der Waals surface area contributed by atoms with Gasteiger partial charge in [-0.2, -0.15) is 0 Å². The standard InChI is InChI=1S/C12H36O8Si5/c1-9(2)13-21-17-25(18-22-14-10(3)4,19-23-15-11(5)6)20-24-16-12(7)8/h9-12H,21-24H2,1-8H3. The van der Waals surface area contributed by atoms with Crippen molar-refractivity contribution in [3.63, 3.8) is 0 Å². The predicted octanol–water partition coefficient (Wildman–Crippen LogP) is -0.816. The molecule has 0 aromatic heterocycles. The molecule has 0 rings (SSSR count). The summed E-state index contributed by atoms with van der Waals surface area (Å²) in [4.78, 5) is 0. The molecule has 0 aliphatic rings. The minimum Gasteiger partial charge on any atom is -0.397 e. The highest BCUT2D eigenvalue weighted by Gasteiger charge is 2.45. The summed E-state index contributed by atoms with van der Waals surface area (Å²) < 4.78 is 46.2. The van der Waals surface area contributed by atoms with Crippen molar-refractivity contribution < 1.29 is 34.2 Å². The Morgan fingerprint density at radius 2 is 0.640 bits per heavy atom. The summed E-state index contributed by atoms with van der Waals surface area (Å²) in [5.74, 6) is 0. The number of hydrogen-bond acceptors (Lipinski definition) is 8. The van der Waals surface area contributed by atoms with E-state index in [1.807, 2.05) is 55.4 Å². The van der Waals surface area contributed by atoms with Crippen LogP contribution in [-0.2, 0) is 34.2 Å². The average Bonchev–Trinajstić information content (AvgIpc) is 2.45. The van der Waals surface area contributed by atoms with E-state index in [0.717, 1.165) is 0 Å². The molecule has 25 heavy (non-hydrogen) atoms. The summed E-state index contributed by atoms with van der Waals surface area (Å²) in [6, 6.07) is 0. The van der Waals surface area contributed by atoms with Crippen LogP contribution >= 0.6 is 0 Å². The molecule has 0 spiro atoms. The fourth-order valence-electron chi connectivity index (χ4n) is 1.22. The van der Waals surface area contributed by atoms with Crippen LogP contribution in [0, 0.1) is 0 Å². The van der Waals surface area contributed by atoms with Crippen molar-refractivity contribution in [1.82, 2.24) is 0 Å². The highest BCUT2D eigenvalue weighted by Crippen LogP contribution is 2.12. The van der Waals surface area contributed by atoms with Crippen LogP contribution in [0.25, 0.3) is 0 Å². The maximum Gasteiger partial charge on any atom is 0.641 e. The van der Waals surface area contributed by atoms with Gasteiger partial charge in [-0.05, 0) is 55.4 Å². The van der Waals surface area contributed by atoms with Crippen LogP contribution in [-0.4, -0.2) is 73.5 Å². The molecule has 0 aliphatic heterocycles. The summed E-state index contributed by atoms with van der Waals surface area (Å²) in [5.41, 5.74) is 0. The van der Waals surface area contributed by atoms with Gasteiger partial charge in [0.2, 0.25) is 0 Å². The lowest BCUT2D eigenvalue weighted by molar-refractivity contribution is 0.0909. The van der Waals surface area contributed by atoms with E-state index >= 15 is 0 Å².